The van der Waals surface area contributed by atoms with E-state index in [1.807, 2.05) is 13.8 Å². The van der Waals surface area contributed by atoms with Gasteiger partial charge in [-0.15, -0.1) is 0 Å². The number of ketones is 2. The molecule has 0 heterocycles. The first-order valence-electron chi connectivity index (χ1n) is 12.8. The van der Waals surface area contributed by atoms with Crippen molar-refractivity contribution in [1.82, 2.24) is 0 Å². The van der Waals surface area contributed by atoms with Crippen molar-refractivity contribution in [3.05, 3.63) is 59.4 Å². The zero-order valence-corrected chi connectivity index (χ0v) is 21.9. The first kappa shape index (κ1) is 29.6. The number of rotatable bonds is 6. The minimum absolute atomic E-state index is 0. The van der Waals surface area contributed by atoms with Gasteiger partial charge in [-0.25, -0.2) is 0 Å². The van der Waals surface area contributed by atoms with Crippen LogP contribution in [-0.2, 0) is 29.6 Å². The zero-order valence-electron chi connectivity index (χ0n) is 21.1. The average Bonchev–Trinajstić information content (AvgIpc) is 3.10. The molecule has 5 rings (SSSR count). The number of carbonyl (C=O) groups excluding carboxylic acids is 2. The van der Waals surface area contributed by atoms with Crippen LogP contribution in [0.15, 0.2) is 53.8 Å². The normalized spacial score (nSPS) is 38.1. The molecular weight excluding hydrogens is 519 g/mol. The summed E-state index contributed by atoms with van der Waals surface area (Å²) in [5.41, 5.74) is -2.41. The average molecular weight is 555 g/mol. The van der Waals surface area contributed by atoms with Gasteiger partial charge in [0.15, 0.2) is 11.6 Å². The Hall–Kier alpha value is -1.33. The molecule has 3 N–H and O–H groups in total. The third-order valence-corrected chi connectivity index (χ3v) is 10.9. The Kier molecular flexibility index (Phi) is 8.00. The summed E-state index contributed by atoms with van der Waals surface area (Å²) < 4.78 is 31.9. The summed E-state index contributed by atoms with van der Waals surface area (Å²) in [7, 11) is -4.11. The third-order valence-electron chi connectivity index (χ3n) is 9.80. The molecular formula is C28H35NaO8S. The van der Waals surface area contributed by atoms with E-state index in [1.165, 1.54) is 12.2 Å². The van der Waals surface area contributed by atoms with E-state index < -0.39 is 51.0 Å². The molecule has 0 spiro atoms. The van der Waals surface area contributed by atoms with E-state index in [9.17, 15) is 33.3 Å². The van der Waals surface area contributed by atoms with Crippen molar-refractivity contribution >= 4 is 51.2 Å². The molecule has 0 unspecified atom stereocenters. The Balaban J connectivity index is 0.00000336. The fourth-order valence-corrected chi connectivity index (χ4v) is 9.20. The molecule has 1 aromatic carbocycles. The van der Waals surface area contributed by atoms with E-state index >= 15 is 0 Å². The van der Waals surface area contributed by atoms with Gasteiger partial charge >= 0.3 is 39.7 Å². The topological polar surface area (TPSA) is 138 Å². The van der Waals surface area contributed by atoms with Crippen LogP contribution in [0.4, 0.5) is 0 Å². The summed E-state index contributed by atoms with van der Waals surface area (Å²) in [4.78, 5) is 25.2. The van der Waals surface area contributed by atoms with Crippen LogP contribution < -0.4 is 0 Å². The number of fused-ring (bicyclic) bond motifs is 5. The predicted octanol–water partition coefficient (Wildman–Crippen LogP) is 1.78. The van der Waals surface area contributed by atoms with E-state index in [-0.39, 0.29) is 71.5 Å². The molecule has 0 amide bonds. The second kappa shape index (κ2) is 10.3. The summed E-state index contributed by atoms with van der Waals surface area (Å²) in [5.74, 6) is -2.07. The second-order valence-corrected chi connectivity index (χ2v) is 13.1. The van der Waals surface area contributed by atoms with Crippen molar-refractivity contribution in [3.8, 4) is 0 Å². The number of Topliss-reactive ketones (excluding diaryl/α,β-unsaturated/α-hetero) is 1. The van der Waals surface area contributed by atoms with E-state index in [1.54, 1.807) is 30.3 Å². The van der Waals surface area contributed by atoms with Crippen LogP contribution in [0.25, 0.3) is 0 Å². The van der Waals surface area contributed by atoms with Crippen LogP contribution in [0.3, 0.4) is 0 Å². The molecule has 8 nitrogen and oxygen atoms in total. The number of benzene rings is 1. The van der Waals surface area contributed by atoms with Gasteiger partial charge < -0.3 is 19.5 Å². The van der Waals surface area contributed by atoms with Gasteiger partial charge in [0, 0.05) is 17.4 Å². The molecule has 0 aliphatic heterocycles. The van der Waals surface area contributed by atoms with E-state index in [0.29, 0.717) is 24.8 Å². The van der Waals surface area contributed by atoms with Gasteiger partial charge in [0.25, 0.3) is 0 Å². The van der Waals surface area contributed by atoms with Gasteiger partial charge in [0.05, 0.1) is 11.5 Å². The van der Waals surface area contributed by atoms with Crippen LogP contribution in [0.2, 0.25) is 0 Å². The molecule has 7 atom stereocenters. The molecule has 4 aliphatic rings. The standard InChI is InChI=1S/C28H34O8S.Na.H/c1-26-14-22(31)25-20(21(26)10-11-28(26,33)23(32)15-29)9-8-18-12-19(30)13-24(27(18,25)2)36-37(34,35)16-17-6-4-3-5-7-17;;/h3-7,12-13,20-22,25,29,31,33H,8-11,14-16H2,1-2H3;;/t20-,21-,22-,25+,26-,27+,28-;;/m0../s1. The van der Waals surface area contributed by atoms with Crippen molar-refractivity contribution < 1.29 is 37.5 Å². The van der Waals surface area contributed by atoms with Gasteiger partial charge in [-0.2, -0.15) is 8.42 Å². The monoisotopic (exact) mass is 554 g/mol. The van der Waals surface area contributed by atoms with Crippen LogP contribution in [0.1, 0.15) is 51.5 Å². The van der Waals surface area contributed by atoms with Crippen molar-refractivity contribution in [2.24, 2.45) is 28.6 Å². The first-order valence-corrected chi connectivity index (χ1v) is 14.4. The zero-order chi connectivity index (χ0) is 26.8. The number of hydrogen-bond donors (Lipinski definition) is 3. The molecule has 0 aromatic heterocycles. The van der Waals surface area contributed by atoms with Crippen molar-refractivity contribution in [1.29, 1.82) is 0 Å². The number of aliphatic hydroxyl groups is 3. The number of carbonyl (C=O) groups is 2. The third kappa shape index (κ3) is 4.48. The molecule has 4 aliphatic carbocycles. The fraction of sp³-hybridized carbons (Fsp3) is 0.571. The maximum absolute atomic E-state index is 13.1. The molecule has 1 aromatic rings. The van der Waals surface area contributed by atoms with Gasteiger partial charge in [0.2, 0.25) is 0 Å². The SMILES string of the molecule is C[C@@]12C(=CC(=O)C=C1OS(=O)(=O)Cc1ccccc1)CC[C@@H]1[C@@H]2[C@@H](O)C[C@@]2(C)[C@H]1CC[C@]2(O)C(=O)CO.[NaH]. The fourth-order valence-electron chi connectivity index (χ4n) is 8.05. The predicted molar refractivity (Wildman–Crippen MR) is 141 cm³/mol. The van der Waals surface area contributed by atoms with Crippen molar-refractivity contribution in [2.75, 3.05) is 6.61 Å². The summed E-state index contributed by atoms with van der Waals surface area (Å²) in [5, 5.41) is 32.5. The van der Waals surface area contributed by atoms with Gasteiger partial charge in [-0.1, -0.05) is 42.8 Å². The first-order chi connectivity index (χ1) is 17.4. The Morgan fingerprint density at radius 3 is 2.47 bits per heavy atom. The molecule has 3 saturated carbocycles. The summed E-state index contributed by atoms with van der Waals surface area (Å²) >= 11 is 0. The molecule has 0 radical (unpaired) electrons. The minimum atomic E-state index is -4.11. The van der Waals surface area contributed by atoms with Crippen LogP contribution >= 0.6 is 0 Å². The molecule has 3 fully saturated rings. The maximum atomic E-state index is 13.1. The van der Waals surface area contributed by atoms with E-state index in [2.05, 4.69) is 0 Å². The number of hydrogen-bond acceptors (Lipinski definition) is 8. The molecule has 38 heavy (non-hydrogen) atoms. The summed E-state index contributed by atoms with van der Waals surface area (Å²) in [6.07, 6.45) is 3.75. The Labute approximate surface area is 245 Å². The van der Waals surface area contributed by atoms with Gasteiger partial charge in [-0.3, -0.25) is 9.59 Å². The quantitative estimate of drug-likeness (QED) is 0.358. The summed E-state index contributed by atoms with van der Waals surface area (Å²) in [6.45, 7) is 2.88. The summed E-state index contributed by atoms with van der Waals surface area (Å²) in [6, 6.07) is 8.64. The Bertz CT molecular complexity index is 1290. The van der Waals surface area contributed by atoms with E-state index in [0.717, 1.165) is 5.57 Å². The molecule has 10 heteroatoms. The van der Waals surface area contributed by atoms with Crippen LogP contribution in [0, 0.1) is 28.6 Å². The van der Waals surface area contributed by atoms with Crippen molar-refractivity contribution in [2.45, 2.75) is 63.4 Å². The Morgan fingerprint density at radius 1 is 1.13 bits per heavy atom. The number of aliphatic hydroxyl groups excluding tert-OH is 2. The second-order valence-electron chi connectivity index (χ2n) is 11.6. The molecule has 0 saturated heterocycles. The van der Waals surface area contributed by atoms with Crippen molar-refractivity contribution in [3.63, 3.8) is 0 Å². The van der Waals surface area contributed by atoms with E-state index in [4.69, 9.17) is 4.18 Å². The van der Waals surface area contributed by atoms with Crippen LogP contribution in [0.5, 0.6) is 0 Å². The molecule has 202 valence electrons. The number of allylic oxidation sites excluding steroid dienone is 3. The Morgan fingerprint density at radius 2 is 1.82 bits per heavy atom. The molecule has 0 bridgehead atoms. The van der Waals surface area contributed by atoms with Crippen LogP contribution in [-0.4, -0.2) is 83.2 Å². The van der Waals surface area contributed by atoms with Gasteiger partial charge in [0.1, 0.15) is 23.7 Å². The van der Waals surface area contributed by atoms with Gasteiger partial charge in [-0.05, 0) is 62.5 Å².